The Morgan fingerprint density at radius 3 is 2.45 bits per heavy atom. The zero-order valence-corrected chi connectivity index (χ0v) is 25.1. The van der Waals surface area contributed by atoms with Gasteiger partial charge in [0.25, 0.3) is 5.91 Å². The van der Waals surface area contributed by atoms with Crippen LogP contribution in [0.4, 0.5) is 15.8 Å². The predicted molar refractivity (Wildman–Crippen MR) is 165 cm³/mol. The standard InChI is InChI=1S/C35H42FN3O3/c1-23-8-5-12-30(36)31(23)34(41)39-18-7-11-29(33(40)38-28-10-6-9-26(20-28)35(2,3)4)32(39)25-13-15-27(16-14-25)37-21-24-17-19-42-22-24/h5-6,8-10,12-16,20,24,29,32,37H,7,11,17-19,21-22H2,1-4H3,(H,38,40)/t24?,29?,32-/m0/s1. The van der Waals surface area contributed by atoms with Gasteiger partial charge in [-0.15, -0.1) is 0 Å². The van der Waals surface area contributed by atoms with Crippen LogP contribution in [0.2, 0.25) is 0 Å². The number of rotatable bonds is 7. The number of piperidine rings is 1. The molecule has 5 rings (SSSR count). The Balaban J connectivity index is 1.44. The highest BCUT2D eigenvalue weighted by molar-refractivity contribution is 5.98. The second kappa shape index (κ2) is 12.7. The van der Waals surface area contributed by atoms with E-state index >= 15 is 0 Å². The average Bonchev–Trinajstić information content (AvgIpc) is 3.49. The van der Waals surface area contributed by atoms with Gasteiger partial charge in [0.05, 0.1) is 24.1 Å². The van der Waals surface area contributed by atoms with E-state index in [2.05, 4.69) is 37.5 Å². The average molecular weight is 572 g/mol. The van der Waals surface area contributed by atoms with Crippen molar-refractivity contribution in [3.63, 3.8) is 0 Å². The van der Waals surface area contributed by atoms with Crippen LogP contribution in [0.15, 0.2) is 66.7 Å². The van der Waals surface area contributed by atoms with Crippen molar-refractivity contribution in [2.75, 3.05) is 36.9 Å². The maximum absolute atomic E-state index is 15.0. The molecule has 3 atom stereocenters. The van der Waals surface area contributed by atoms with Crippen molar-refractivity contribution < 1.29 is 18.7 Å². The molecule has 2 fully saturated rings. The van der Waals surface area contributed by atoms with E-state index in [4.69, 9.17) is 4.74 Å². The van der Waals surface area contributed by atoms with E-state index < -0.39 is 17.8 Å². The number of aryl methyl sites for hydroxylation is 1. The van der Waals surface area contributed by atoms with Gasteiger partial charge in [-0.1, -0.05) is 57.2 Å². The molecule has 7 heteroatoms. The number of likely N-dealkylation sites (tertiary alicyclic amines) is 1. The number of anilines is 2. The summed E-state index contributed by atoms with van der Waals surface area (Å²) in [6, 6.07) is 20.0. The fourth-order valence-corrected chi connectivity index (χ4v) is 6.06. The molecule has 2 aliphatic rings. The van der Waals surface area contributed by atoms with Gasteiger partial charge in [0.15, 0.2) is 0 Å². The van der Waals surface area contributed by atoms with Crippen molar-refractivity contribution in [2.45, 2.75) is 58.4 Å². The van der Waals surface area contributed by atoms with E-state index in [0.717, 1.165) is 48.7 Å². The van der Waals surface area contributed by atoms with Gasteiger partial charge in [-0.2, -0.15) is 0 Å². The maximum Gasteiger partial charge on any atom is 0.257 e. The molecule has 0 aromatic heterocycles. The summed E-state index contributed by atoms with van der Waals surface area (Å²) < 4.78 is 20.5. The lowest BCUT2D eigenvalue weighted by atomic mass is 9.83. The largest absolute Gasteiger partial charge is 0.385 e. The molecule has 6 nitrogen and oxygen atoms in total. The van der Waals surface area contributed by atoms with Gasteiger partial charge < -0.3 is 20.3 Å². The Bertz CT molecular complexity index is 1390. The summed E-state index contributed by atoms with van der Waals surface area (Å²) >= 11 is 0. The van der Waals surface area contributed by atoms with E-state index in [1.54, 1.807) is 24.0 Å². The molecule has 2 amide bonds. The molecule has 0 saturated carbocycles. The fraction of sp³-hybridized carbons (Fsp3) is 0.429. The molecule has 0 spiro atoms. The SMILES string of the molecule is Cc1cccc(F)c1C(=O)N1CCCC(C(=O)Nc2cccc(C(C)(C)C)c2)[C@@H]1c1ccc(NCC2CCOC2)cc1. The van der Waals surface area contributed by atoms with E-state index in [1.807, 2.05) is 42.5 Å². The summed E-state index contributed by atoms with van der Waals surface area (Å²) in [5, 5.41) is 6.62. The first kappa shape index (κ1) is 29.8. The third-order valence-corrected chi connectivity index (χ3v) is 8.53. The zero-order valence-electron chi connectivity index (χ0n) is 25.1. The van der Waals surface area contributed by atoms with Gasteiger partial charge in [0, 0.05) is 37.0 Å². The first-order valence-corrected chi connectivity index (χ1v) is 15.0. The van der Waals surface area contributed by atoms with Crippen LogP contribution in [0.1, 0.15) is 73.1 Å². The van der Waals surface area contributed by atoms with E-state index in [-0.39, 0.29) is 22.8 Å². The summed E-state index contributed by atoms with van der Waals surface area (Å²) in [4.78, 5) is 29.6. The molecule has 3 aromatic rings. The summed E-state index contributed by atoms with van der Waals surface area (Å²) in [5.41, 5.74) is 4.28. The van der Waals surface area contributed by atoms with Crippen molar-refractivity contribution in [3.8, 4) is 0 Å². The zero-order chi connectivity index (χ0) is 29.9. The lowest BCUT2D eigenvalue weighted by Gasteiger charge is -2.41. The summed E-state index contributed by atoms with van der Waals surface area (Å²) in [6.45, 7) is 11.0. The van der Waals surface area contributed by atoms with Crippen LogP contribution in [0, 0.1) is 24.6 Å². The molecular weight excluding hydrogens is 529 g/mol. The van der Waals surface area contributed by atoms with E-state index in [1.165, 1.54) is 6.07 Å². The van der Waals surface area contributed by atoms with Gasteiger partial charge in [-0.3, -0.25) is 9.59 Å². The van der Waals surface area contributed by atoms with Crippen LogP contribution in [-0.2, 0) is 14.9 Å². The third-order valence-electron chi connectivity index (χ3n) is 8.53. The number of nitrogens with zero attached hydrogens (tertiary/aromatic N) is 1. The van der Waals surface area contributed by atoms with Crippen LogP contribution >= 0.6 is 0 Å². The number of hydrogen-bond acceptors (Lipinski definition) is 4. The minimum atomic E-state index is -0.542. The molecule has 2 N–H and O–H groups in total. The van der Waals surface area contributed by atoms with Crippen LogP contribution in [0.25, 0.3) is 0 Å². The molecule has 42 heavy (non-hydrogen) atoms. The predicted octanol–water partition coefficient (Wildman–Crippen LogP) is 7.11. The van der Waals surface area contributed by atoms with Crippen LogP contribution in [0.3, 0.4) is 0 Å². The second-order valence-corrected chi connectivity index (χ2v) is 12.7. The van der Waals surface area contributed by atoms with Crippen LogP contribution < -0.4 is 10.6 Å². The smallest absolute Gasteiger partial charge is 0.257 e. The number of carbonyl (C=O) groups is 2. The van der Waals surface area contributed by atoms with E-state index in [0.29, 0.717) is 30.9 Å². The highest BCUT2D eigenvalue weighted by Gasteiger charge is 2.40. The maximum atomic E-state index is 15.0. The fourth-order valence-electron chi connectivity index (χ4n) is 6.06. The number of nitrogens with one attached hydrogen (secondary N) is 2. The molecule has 222 valence electrons. The topological polar surface area (TPSA) is 70.7 Å². The minimum absolute atomic E-state index is 0.0600. The Hall–Kier alpha value is -3.71. The first-order chi connectivity index (χ1) is 20.1. The number of halogens is 1. The number of hydrogen-bond donors (Lipinski definition) is 2. The normalized spacial score (nSPS) is 20.8. The van der Waals surface area contributed by atoms with Gasteiger partial charge in [0.2, 0.25) is 5.91 Å². The molecule has 0 aliphatic carbocycles. The molecule has 2 saturated heterocycles. The first-order valence-electron chi connectivity index (χ1n) is 15.0. The quantitative estimate of drug-likeness (QED) is 0.317. The molecule has 3 aromatic carbocycles. The van der Waals surface area contributed by atoms with Gasteiger partial charge >= 0.3 is 0 Å². The van der Waals surface area contributed by atoms with Gasteiger partial charge in [-0.25, -0.2) is 4.39 Å². The van der Waals surface area contributed by atoms with Crippen molar-refractivity contribution in [1.29, 1.82) is 0 Å². The van der Waals surface area contributed by atoms with E-state index in [9.17, 15) is 14.0 Å². The Labute approximate surface area is 248 Å². The Morgan fingerprint density at radius 2 is 1.76 bits per heavy atom. The van der Waals surface area contributed by atoms with Crippen molar-refractivity contribution in [2.24, 2.45) is 11.8 Å². The molecule has 2 aliphatic heterocycles. The number of benzene rings is 3. The molecule has 2 heterocycles. The summed E-state index contributed by atoms with van der Waals surface area (Å²) in [7, 11) is 0. The number of ether oxygens (including phenoxy) is 1. The van der Waals surface area contributed by atoms with Gasteiger partial charge in [-0.05, 0) is 78.6 Å². The van der Waals surface area contributed by atoms with Crippen molar-refractivity contribution in [3.05, 3.63) is 94.8 Å². The lowest BCUT2D eigenvalue weighted by Crippen LogP contribution is -2.46. The highest BCUT2D eigenvalue weighted by Crippen LogP contribution is 2.39. The number of amides is 2. The van der Waals surface area contributed by atoms with Crippen molar-refractivity contribution >= 4 is 23.2 Å². The molecule has 0 radical (unpaired) electrons. The molecule has 2 unspecified atom stereocenters. The minimum Gasteiger partial charge on any atom is -0.385 e. The molecule has 0 bridgehead atoms. The van der Waals surface area contributed by atoms with Gasteiger partial charge in [0.1, 0.15) is 5.82 Å². The highest BCUT2D eigenvalue weighted by atomic mass is 19.1. The van der Waals surface area contributed by atoms with Crippen LogP contribution in [-0.4, -0.2) is 43.0 Å². The Morgan fingerprint density at radius 1 is 1.00 bits per heavy atom. The molecular formula is C35H42FN3O3. The summed E-state index contributed by atoms with van der Waals surface area (Å²) in [5.74, 6) is -1.07. The second-order valence-electron chi connectivity index (χ2n) is 12.7. The third kappa shape index (κ3) is 6.67. The van der Waals surface area contributed by atoms with Crippen LogP contribution in [0.5, 0.6) is 0 Å². The summed E-state index contributed by atoms with van der Waals surface area (Å²) in [6.07, 6.45) is 2.32. The number of carbonyl (C=O) groups excluding carboxylic acids is 2. The van der Waals surface area contributed by atoms with Crippen molar-refractivity contribution in [1.82, 2.24) is 4.90 Å². The monoisotopic (exact) mass is 571 g/mol. The lowest BCUT2D eigenvalue weighted by molar-refractivity contribution is -0.123. The Kier molecular flexibility index (Phi) is 8.97.